The molecular weight excluding hydrogens is 376 g/mol. The van der Waals surface area contributed by atoms with Crippen molar-refractivity contribution < 1.29 is 23.1 Å². The number of aliphatic carboxylic acids is 1. The number of carboxylic acid groups (broad SMARTS) is 1. The summed E-state index contributed by atoms with van der Waals surface area (Å²) in [5, 5.41) is 10.1. The van der Waals surface area contributed by atoms with Gasteiger partial charge in [-0.3, -0.25) is 14.7 Å². The minimum absolute atomic E-state index is 0.0349. The highest BCUT2D eigenvalue weighted by atomic mass is 32.2. The van der Waals surface area contributed by atoms with Crippen LogP contribution < -0.4 is 0 Å². The van der Waals surface area contributed by atoms with E-state index in [9.17, 15) is 23.1 Å². The first-order chi connectivity index (χ1) is 12.4. The molecule has 1 atom stereocenters. The van der Waals surface area contributed by atoms with Crippen molar-refractivity contribution in [2.75, 3.05) is 5.75 Å². The van der Waals surface area contributed by atoms with Crippen LogP contribution in [-0.2, 0) is 19.4 Å². The third-order valence-electron chi connectivity index (χ3n) is 4.19. The average molecular weight is 388 g/mol. The van der Waals surface area contributed by atoms with Crippen LogP contribution in [0.3, 0.4) is 0 Å². The third-order valence-corrected chi connectivity index (χ3v) is 6.96. The molecule has 2 aliphatic rings. The van der Waals surface area contributed by atoms with Gasteiger partial charge in [0.15, 0.2) is 15.2 Å². The number of fused-ring (bicyclic) bond motifs is 1. The maximum absolute atomic E-state index is 12.8. The summed E-state index contributed by atoms with van der Waals surface area (Å²) in [6, 6.07) is 8.41. The van der Waals surface area contributed by atoms with Crippen molar-refractivity contribution in [3.8, 4) is 0 Å². The normalized spacial score (nSPS) is 22.9. The number of carboxylic acids is 1. The topological polar surface area (TPSA) is 105 Å². The first-order valence-corrected chi connectivity index (χ1v) is 10.2. The molecule has 0 spiro atoms. The summed E-state index contributed by atoms with van der Waals surface area (Å²) in [6.45, 7) is 0. The van der Waals surface area contributed by atoms with E-state index < -0.39 is 32.8 Å². The molecule has 0 unspecified atom stereocenters. The summed E-state index contributed by atoms with van der Waals surface area (Å²) in [7, 11) is -3.77. The molecule has 0 aliphatic carbocycles. The number of amides is 1. The lowest BCUT2D eigenvalue weighted by atomic mass is 10.0. The van der Waals surface area contributed by atoms with Gasteiger partial charge < -0.3 is 5.11 Å². The lowest BCUT2D eigenvalue weighted by Crippen LogP contribution is -2.61. The van der Waals surface area contributed by atoms with Gasteiger partial charge in [0.2, 0.25) is 0 Å². The highest BCUT2D eigenvalue weighted by molar-refractivity contribution is 7.92. The second kappa shape index (κ2) is 5.89. The highest BCUT2D eigenvalue weighted by Gasteiger charge is 2.56. The standard InChI is InChI=1S/C17H12N2O5S2/c20-15-11(8-10-4-1-2-6-18-10)16-19(15)14(17(21)22)12(9-26(16,23)24)13-5-3-7-25-13/h1-8,16H,9H2,(H,21,22)/t16-/m0/s1. The summed E-state index contributed by atoms with van der Waals surface area (Å²) in [5.74, 6) is -2.38. The maximum Gasteiger partial charge on any atom is 0.353 e. The van der Waals surface area contributed by atoms with Gasteiger partial charge in [0.1, 0.15) is 5.70 Å². The molecular formula is C17H12N2O5S2. The van der Waals surface area contributed by atoms with Crippen LogP contribution in [0.25, 0.3) is 11.6 Å². The maximum atomic E-state index is 12.8. The first-order valence-electron chi connectivity index (χ1n) is 7.58. The molecule has 132 valence electrons. The molecule has 0 saturated carbocycles. The summed E-state index contributed by atoms with van der Waals surface area (Å²) in [6.07, 6.45) is 2.93. The number of β-lactam (4-membered cyclic amide) rings is 1. The zero-order chi connectivity index (χ0) is 18.5. The minimum atomic E-state index is -3.77. The van der Waals surface area contributed by atoms with Crippen LogP contribution in [-0.4, -0.2) is 46.4 Å². The van der Waals surface area contributed by atoms with Gasteiger partial charge in [0.05, 0.1) is 17.0 Å². The van der Waals surface area contributed by atoms with Gasteiger partial charge in [0, 0.05) is 16.6 Å². The fraction of sp³-hybridized carbons (Fsp3) is 0.118. The summed E-state index contributed by atoms with van der Waals surface area (Å²) < 4.78 is 25.6. The molecule has 4 heterocycles. The number of hydrogen-bond donors (Lipinski definition) is 1. The van der Waals surface area contributed by atoms with Crippen molar-refractivity contribution in [3.05, 3.63) is 63.7 Å². The Balaban J connectivity index is 1.86. The van der Waals surface area contributed by atoms with Crippen LogP contribution in [0.15, 0.2) is 53.2 Å². The number of aromatic nitrogens is 1. The molecule has 9 heteroatoms. The molecule has 0 bridgehead atoms. The van der Waals surface area contributed by atoms with Crippen molar-refractivity contribution in [2.24, 2.45) is 0 Å². The lowest BCUT2D eigenvalue weighted by Gasteiger charge is -2.45. The molecule has 1 saturated heterocycles. The number of carbonyl (C=O) groups excluding carboxylic acids is 1. The van der Waals surface area contributed by atoms with Gasteiger partial charge >= 0.3 is 5.97 Å². The second-order valence-electron chi connectivity index (χ2n) is 5.80. The van der Waals surface area contributed by atoms with E-state index in [1.807, 2.05) is 0 Å². The Kier molecular flexibility index (Phi) is 3.78. The Bertz CT molecular complexity index is 1070. The van der Waals surface area contributed by atoms with E-state index in [4.69, 9.17) is 0 Å². The van der Waals surface area contributed by atoms with Crippen LogP contribution in [0.1, 0.15) is 10.6 Å². The largest absolute Gasteiger partial charge is 0.477 e. The van der Waals surface area contributed by atoms with Crippen LogP contribution >= 0.6 is 11.3 Å². The summed E-state index contributed by atoms with van der Waals surface area (Å²) in [4.78, 5) is 29.8. The molecule has 7 nitrogen and oxygen atoms in total. The fourth-order valence-electron chi connectivity index (χ4n) is 3.11. The zero-order valence-corrected chi connectivity index (χ0v) is 14.8. The van der Waals surface area contributed by atoms with Crippen molar-refractivity contribution in [1.29, 1.82) is 0 Å². The van der Waals surface area contributed by atoms with E-state index in [1.54, 1.807) is 35.7 Å². The van der Waals surface area contributed by atoms with Crippen LogP contribution in [0.5, 0.6) is 0 Å². The van der Waals surface area contributed by atoms with Crippen molar-refractivity contribution in [3.63, 3.8) is 0 Å². The number of pyridine rings is 1. The van der Waals surface area contributed by atoms with Crippen LogP contribution in [0.2, 0.25) is 0 Å². The van der Waals surface area contributed by atoms with Crippen molar-refractivity contribution in [1.82, 2.24) is 9.88 Å². The number of hydrogen-bond acceptors (Lipinski definition) is 6. The van der Waals surface area contributed by atoms with E-state index in [0.717, 1.165) is 4.90 Å². The molecule has 0 aromatic carbocycles. The van der Waals surface area contributed by atoms with Gasteiger partial charge in [-0.25, -0.2) is 13.2 Å². The van der Waals surface area contributed by atoms with E-state index >= 15 is 0 Å². The molecule has 4 rings (SSSR count). The van der Waals surface area contributed by atoms with Crippen molar-refractivity contribution >= 4 is 44.7 Å². The lowest BCUT2D eigenvalue weighted by molar-refractivity contribution is -0.141. The van der Waals surface area contributed by atoms with Crippen molar-refractivity contribution in [2.45, 2.75) is 5.37 Å². The van der Waals surface area contributed by atoms with Crippen LogP contribution in [0, 0.1) is 0 Å². The number of sulfone groups is 1. The summed E-state index contributed by atoms with van der Waals surface area (Å²) >= 11 is 1.24. The monoisotopic (exact) mass is 388 g/mol. The molecule has 1 amide bonds. The minimum Gasteiger partial charge on any atom is -0.477 e. The SMILES string of the molecule is O=C(O)C1=C(c2cccs2)CS(=O)(=O)[C@H]2C(=Cc3ccccn3)C(=O)N12. The predicted octanol–water partition coefficient (Wildman–Crippen LogP) is 1.62. The zero-order valence-electron chi connectivity index (χ0n) is 13.2. The molecule has 2 aromatic rings. The molecule has 2 aromatic heterocycles. The van der Waals surface area contributed by atoms with E-state index in [-0.39, 0.29) is 16.8 Å². The predicted molar refractivity (Wildman–Crippen MR) is 95.5 cm³/mol. The smallest absolute Gasteiger partial charge is 0.353 e. The first kappa shape index (κ1) is 16.7. The number of carbonyl (C=O) groups is 2. The molecule has 1 fully saturated rings. The molecule has 1 N–H and O–H groups in total. The fourth-order valence-corrected chi connectivity index (χ4v) is 5.91. The van der Waals surface area contributed by atoms with Gasteiger partial charge in [-0.1, -0.05) is 12.1 Å². The van der Waals surface area contributed by atoms with E-state index in [2.05, 4.69) is 4.98 Å². The Labute approximate surface area is 152 Å². The van der Waals surface area contributed by atoms with Gasteiger partial charge in [0.25, 0.3) is 5.91 Å². The molecule has 0 radical (unpaired) electrons. The second-order valence-corrected chi connectivity index (χ2v) is 8.81. The number of nitrogens with zero attached hydrogens (tertiary/aromatic N) is 2. The Morgan fingerprint density at radius 3 is 2.73 bits per heavy atom. The Morgan fingerprint density at radius 2 is 2.12 bits per heavy atom. The quantitative estimate of drug-likeness (QED) is 0.633. The highest BCUT2D eigenvalue weighted by Crippen LogP contribution is 2.43. The van der Waals surface area contributed by atoms with Gasteiger partial charge in [-0.2, -0.15) is 0 Å². The average Bonchev–Trinajstić information content (AvgIpc) is 3.13. The third kappa shape index (κ3) is 2.47. The van der Waals surface area contributed by atoms with Gasteiger partial charge in [-0.05, 0) is 29.7 Å². The number of rotatable bonds is 3. The van der Waals surface area contributed by atoms with Crippen LogP contribution in [0.4, 0.5) is 0 Å². The van der Waals surface area contributed by atoms with E-state index in [0.29, 0.717) is 10.6 Å². The Hall–Kier alpha value is -2.78. The summed E-state index contributed by atoms with van der Waals surface area (Å²) in [5.41, 5.74) is 0.354. The van der Waals surface area contributed by atoms with E-state index in [1.165, 1.54) is 23.6 Å². The Morgan fingerprint density at radius 1 is 1.31 bits per heavy atom. The molecule has 2 aliphatic heterocycles. The van der Waals surface area contributed by atoms with Gasteiger partial charge in [-0.15, -0.1) is 11.3 Å². The number of thiophene rings is 1. The molecule has 26 heavy (non-hydrogen) atoms.